The summed E-state index contributed by atoms with van der Waals surface area (Å²) in [6, 6.07) is 8.28. The molecule has 2 aliphatic rings. The molecule has 1 amide bonds. The third-order valence-corrected chi connectivity index (χ3v) is 5.51. The number of aromatic amines is 1. The lowest BCUT2D eigenvalue weighted by atomic mass is 9.86. The highest BCUT2D eigenvalue weighted by atomic mass is 16.5. The number of carbonyl (C=O) groups excluding carboxylic acids is 1. The Balaban J connectivity index is 1.26. The van der Waals surface area contributed by atoms with E-state index in [4.69, 9.17) is 9.47 Å². The number of H-pyrrole nitrogens is 1. The zero-order valence-electron chi connectivity index (χ0n) is 15.6. The van der Waals surface area contributed by atoms with Crippen molar-refractivity contribution in [1.82, 2.24) is 15.5 Å². The molecule has 0 radical (unpaired) electrons. The molecule has 2 heterocycles. The van der Waals surface area contributed by atoms with Gasteiger partial charge < -0.3 is 14.8 Å². The molecule has 1 aliphatic heterocycles. The van der Waals surface area contributed by atoms with E-state index in [1.54, 1.807) is 6.20 Å². The van der Waals surface area contributed by atoms with Gasteiger partial charge in [-0.15, -0.1) is 0 Å². The number of aromatic nitrogens is 2. The fourth-order valence-corrected chi connectivity index (χ4v) is 3.86. The molecule has 144 valence electrons. The third-order valence-electron chi connectivity index (χ3n) is 5.51. The largest absolute Gasteiger partial charge is 0.381 e. The Morgan fingerprint density at radius 3 is 2.78 bits per heavy atom. The maximum Gasteiger partial charge on any atom is 0.227 e. The first-order valence-corrected chi connectivity index (χ1v) is 9.86. The molecule has 1 unspecified atom stereocenters. The molecule has 1 saturated heterocycles. The monoisotopic (exact) mass is 369 g/mol. The number of amides is 1. The van der Waals surface area contributed by atoms with Crippen LogP contribution in [0.5, 0.6) is 0 Å². The number of hydrogen-bond acceptors (Lipinski definition) is 4. The summed E-state index contributed by atoms with van der Waals surface area (Å²) in [5, 5.41) is 10.2. The number of fused-ring (bicyclic) bond motifs is 1. The third kappa shape index (κ3) is 4.57. The first-order valence-electron chi connectivity index (χ1n) is 9.86. The average molecular weight is 369 g/mol. The van der Waals surface area contributed by atoms with Gasteiger partial charge in [-0.05, 0) is 43.2 Å². The Kier molecular flexibility index (Phi) is 5.84. The number of ether oxygens (including phenoxy) is 2. The number of hydrogen-bond donors (Lipinski definition) is 2. The van der Waals surface area contributed by atoms with Crippen molar-refractivity contribution in [2.24, 2.45) is 0 Å². The average Bonchev–Trinajstić information content (AvgIpc) is 3.21. The predicted octanol–water partition coefficient (Wildman–Crippen LogP) is 2.84. The van der Waals surface area contributed by atoms with Gasteiger partial charge in [0, 0.05) is 31.0 Å². The molecule has 0 saturated carbocycles. The van der Waals surface area contributed by atoms with Crippen LogP contribution in [0.4, 0.5) is 0 Å². The molecule has 1 aromatic carbocycles. The van der Waals surface area contributed by atoms with Crippen molar-refractivity contribution in [2.45, 2.75) is 57.3 Å². The first-order chi connectivity index (χ1) is 13.3. The molecule has 2 N–H and O–H groups in total. The van der Waals surface area contributed by atoms with Crippen LogP contribution in [0, 0.1) is 0 Å². The molecule has 6 heteroatoms. The highest BCUT2D eigenvalue weighted by Crippen LogP contribution is 2.30. The molecule has 0 spiro atoms. The normalized spacial score (nSPS) is 20.2. The van der Waals surface area contributed by atoms with E-state index in [1.807, 2.05) is 0 Å². The Morgan fingerprint density at radius 2 is 1.96 bits per heavy atom. The SMILES string of the molecule is O=C(NCc1ccc(COC2CCOCC2)cc1)C1CCCc2[nH]ncc21. The van der Waals surface area contributed by atoms with Crippen LogP contribution in [0.15, 0.2) is 30.5 Å². The van der Waals surface area contributed by atoms with Crippen LogP contribution in [0.3, 0.4) is 0 Å². The second kappa shape index (κ2) is 8.67. The topological polar surface area (TPSA) is 76.2 Å². The standard InChI is InChI=1S/C21H27N3O3/c25-21(18-2-1-3-20-19(18)13-23-24-20)22-12-15-4-6-16(7-5-15)14-27-17-8-10-26-11-9-17/h4-7,13,17-18H,1-3,8-12,14H2,(H,22,25)(H,23,24). The van der Waals surface area contributed by atoms with Crippen LogP contribution >= 0.6 is 0 Å². The molecular weight excluding hydrogens is 342 g/mol. The maximum atomic E-state index is 12.6. The van der Waals surface area contributed by atoms with E-state index in [9.17, 15) is 4.79 Å². The van der Waals surface area contributed by atoms with Crippen LogP contribution in [0.1, 0.15) is 54.0 Å². The van der Waals surface area contributed by atoms with E-state index in [0.29, 0.717) is 19.3 Å². The lowest BCUT2D eigenvalue weighted by Crippen LogP contribution is -2.30. The summed E-state index contributed by atoms with van der Waals surface area (Å²) in [6.45, 7) is 2.77. The lowest BCUT2D eigenvalue weighted by Gasteiger charge is -2.22. The second-order valence-electron chi connectivity index (χ2n) is 7.41. The molecule has 0 bridgehead atoms. The van der Waals surface area contributed by atoms with Crippen molar-refractivity contribution in [2.75, 3.05) is 13.2 Å². The zero-order valence-corrected chi connectivity index (χ0v) is 15.6. The Hall–Kier alpha value is -2.18. The summed E-state index contributed by atoms with van der Waals surface area (Å²) in [6.07, 6.45) is 6.95. The molecule has 1 aliphatic carbocycles. The summed E-state index contributed by atoms with van der Waals surface area (Å²) in [5.41, 5.74) is 4.42. The number of rotatable bonds is 6. The second-order valence-corrected chi connectivity index (χ2v) is 7.41. The highest BCUT2D eigenvalue weighted by molar-refractivity contribution is 5.84. The lowest BCUT2D eigenvalue weighted by molar-refractivity contribution is -0.123. The van der Waals surface area contributed by atoms with Crippen LogP contribution in [0.25, 0.3) is 0 Å². The van der Waals surface area contributed by atoms with Gasteiger partial charge >= 0.3 is 0 Å². The molecule has 1 fully saturated rings. The molecule has 6 nitrogen and oxygen atoms in total. The number of nitrogens with zero attached hydrogens (tertiary/aromatic N) is 1. The van der Waals surface area contributed by atoms with Gasteiger partial charge in [-0.1, -0.05) is 24.3 Å². The van der Waals surface area contributed by atoms with Crippen LogP contribution in [-0.4, -0.2) is 35.4 Å². The van der Waals surface area contributed by atoms with Crippen molar-refractivity contribution >= 4 is 5.91 Å². The van der Waals surface area contributed by atoms with Gasteiger partial charge in [0.25, 0.3) is 0 Å². The fraction of sp³-hybridized carbons (Fsp3) is 0.524. The van der Waals surface area contributed by atoms with Gasteiger partial charge in [0.05, 0.1) is 24.8 Å². The Labute approximate surface area is 159 Å². The predicted molar refractivity (Wildman–Crippen MR) is 101 cm³/mol. The van der Waals surface area contributed by atoms with Crippen LogP contribution < -0.4 is 5.32 Å². The number of benzene rings is 1. The minimum atomic E-state index is -0.0837. The quantitative estimate of drug-likeness (QED) is 0.821. The summed E-state index contributed by atoms with van der Waals surface area (Å²) in [7, 11) is 0. The van der Waals surface area contributed by atoms with Gasteiger partial charge in [0.1, 0.15) is 0 Å². The van der Waals surface area contributed by atoms with E-state index in [-0.39, 0.29) is 11.8 Å². The summed E-state index contributed by atoms with van der Waals surface area (Å²) in [5.74, 6) is 0.00363. The summed E-state index contributed by atoms with van der Waals surface area (Å²) in [4.78, 5) is 12.6. The van der Waals surface area contributed by atoms with Gasteiger partial charge in [-0.2, -0.15) is 5.10 Å². The summed E-state index contributed by atoms with van der Waals surface area (Å²) < 4.78 is 11.3. The van der Waals surface area contributed by atoms with E-state index in [1.165, 1.54) is 0 Å². The van der Waals surface area contributed by atoms with Crippen molar-refractivity contribution < 1.29 is 14.3 Å². The van der Waals surface area contributed by atoms with E-state index in [0.717, 1.165) is 67.7 Å². The van der Waals surface area contributed by atoms with Crippen molar-refractivity contribution in [3.05, 3.63) is 52.8 Å². The number of nitrogens with one attached hydrogen (secondary N) is 2. The Morgan fingerprint density at radius 1 is 1.19 bits per heavy atom. The smallest absolute Gasteiger partial charge is 0.227 e. The number of carbonyl (C=O) groups is 1. The van der Waals surface area contributed by atoms with Crippen molar-refractivity contribution in [1.29, 1.82) is 0 Å². The minimum Gasteiger partial charge on any atom is -0.381 e. The molecule has 27 heavy (non-hydrogen) atoms. The van der Waals surface area contributed by atoms with Gasteiger partial charge in [0.15, 0.2) is 0 Å². The molecule has 1 atom stereocenters. The molecule has 4 rings (SSSR count). The Bertz CT molecular complexity index is 750. The number of aryl methyl sites for hydroxylation is 1. The summed E-state index contributed by atoms with van der Waals surface area (Å²) >= 11 is 0. The zero-order chi connectivity index (χ0) is 18.5. The first kappa shape index (κ1) is 18.2. The highest BCUT2D eigenvalue weighted by Gasteiger charge is 2.27. The van der Waals surface area contributed by atoms with E-state index >= 15 is 0 Å². The molecular formula is C21H27N3O3. The van der Waals surface area contributed by atoms with Gasteiger partial charge in [-0.3, -0.25) is 9.89 Å². The van der Waals surface area contributed by atoms with Crippen LogP contribution in [0.2, 0.25) is 0 Å². The maximum absolute atomic E-state index is 12.6. The van der Waals surface area contributed by atoms with Crippen molar-refractivity contribution in [3.8, 4) is 0 Å². The van der Waals surface area contributed by atoms with Gasteiger partial charge in [0.2, 0.25) is 5.91 Å². The van der Waals surface area contributed by atoms with Crippen molar-refractivity contribution in [3.63, 3.8) is 0 Å². The minimum absolute atomic E-state index is 0.0837. The van der Waals surface area contributed by atoms with E-state index in [2.05, 4.69) is 39.8 Å². The van der Waals surface area contributed by atoms with Crippen LogP contribution in [-0.2, 0) is 33.8 Å². The molecule has 1 aromatic heterocycles. The van der Waals surface area contributed by atoms with Gasteiger partial charge in [-0.25, -0.2) is 0 Å². The molecule has 2 aromatic rings. The van der Waals surface area contributed by atoms with E-state index < -0.39 is 0 Å². The fourth-order valence-electron chi connectivity index (χ4n) is 3.86.